The second kappa shape index (κ2) is 4.45. The molecule has 0 saturated carbocycles. The minimum Gasteiger partial charge on any atom is -0.383 e. The Labute approximate surface area is 101 Å². The van der Waals surface area contributed by atoms with Crippen molar-refractivity contribution in [3.8, 4) is 11.4 Å². The summed E-state index contributed by atoms with van der Waals surface area (Å²) < 4.78 is 3.89. The second-order valence-corrected chi connectivity index (χ2v) is 3.90. The molecule has 0 spiro atoms. The van der Waals surface area contributed by atoms with E-state index in [0.717, 1.165) is 23.6 Å². The number of anilines is 1. The van der Waals surface area contributed by atoms with Gasteiger partial charge in [-0.05, 0) is 0 Å². The SMILES string of the molecule is C=CCn1c(CC)nc(-c2cncn2C)c1N. The molecule has 0 amide bonds. The monoisotopic (exact) mass is 231 g/mol. The topological polar surface area (TPSA) is 61.7 Å². The Morgan fingerprint density at radius 3 is 2.82 bits per heavy atom. The van der Waals surface area contributed by atoms with Crippen LogP contribution in [0, 0.1) is 0 Å². The van der Waals surface area contributed by atoms with Crippen LogP contribution in [0.5, 0.6) is 0 Å². The molecule has 0 fully saturated rings. The maximum atomic E-state index is 6.14. The molecule has 2 aromatic rings. The van der Waals surface area contributed by atoms with Gasteiger partial charge in [-0.2, -0.15) is 0 Å². The van der Waals surface area contributed by atoms with E-state index in [1.165, 1.54) is 0 Å². The first-order chi connectivity index (χ1) is 8.19. The highest BCUT2D eigenvalue weighted by atomic mass is 15.2. The van der Waals surface area contributed by atoms with Crippen LogP contribution in [0.25, 0.3) is 11.4 Å². The first kappa shape index (κ1) is 11.4. The molecule has 0 aliphatic rings. The second-order valence-electron chi connectivity index (χ2n) is 3.90. The van der Waals surface area contributed by atoms with Crippen molar-refractivity contribution in [2.75, 3.05) is 5.73 Å². The predicted octanol–water partition coefficient (Wildman–Crippen LogP) is 1.61. The fourth-order valence-electron chi connectivity index (χ4n) is 1.89. The van der Waals surface area contributed by atoms with Gasteiger partial charge in [-0.3, -0.25) is 0 Å². The van der Waals surface area contributed by atoms with E-state index in [1.54, 1.807) is 12.5 Å². The summed E-state index contributed by atoms with van der Waals surface area (Å²) in [6, 6.07) is 0. The molecule has 0 aromatic carbocycles. The van der Waals surface area contributed by atoms with Crippen molar-refractivity contribution in [1.82, 2.24) is 19.1 Å². The maximum absolute atomic E-state index is 6.14. The Hall–Kier alpha value is -2.04. The summed E-state index contributed by atoms with van der Waals surface area (Å²) in [7, 11) is 1.93. The van der Waals surface area contributed by atoms with Crippen molar-refractivity contribution in [3.63, 3.8) is 0 Å². The molecule has 0 atom stereocenters. The molecule has 2 heterocycles. The number of hydrogen-bond acceptors (Lipinski definition) is 3. The molecule has 0 aliphatic carbocycles. The Morgan fingerprint density at radius 2 is 2.29 bits per heavy atom. The van der Waals surface area contributed by atoms with Crippen LogP contribution >= 0.6 is 0 Å². The molecule has 0 unspecified atom stereocenters. The molecule has 2 rings (SSSR count). The van der Waals surface area contributed by atoms with Crippen molar-refractivity contribution >= 4 is 5.82 Å². The zero-order valence-electron chi connectivity index (χ0n) is 10.2. The zero-order chi connectivity index (χ0) is 12.4. The Bertz CT molecular complexity index is 535. The fraction of sp³-hybridized carbons (Fsp3) is 0.333. The molecule has 0 radical (unpaired) electrons. The molecule has 0 saturated heterocycles. The molecule has 5 heteroatoms. The van der Waals surface area contributed by atoms with E-state index in [4.69, 9.17) is 5.73 Å². The lowest BCUT2D eigenvalue weighted by molar-refractivity contribution is 0.757. The third-order valence-electron chi connectivity index (χ3n) is 2.77. The van der Waals surface area contributed by atoms with Crippen molar-refractivity contribution in [2.45, 2.75) is 19.9 Å². The maximum Gasteiger partial charge on any atom is 0.133 e. The number of nitrogens with two attached hydrogens (primary N) is 1. The molecule has 17 heavy (non-hydrogen) atoms. The summed E-state index contributed by atoms with van der Waals surface area (Å²) in [6.45, 7) is 6.48. The number of hydrogen-bond donors (Lipinski definition) is 1. The predicted molar refractivity (Wildman–Crippen MR) is 68.4 cm³/mol. The van der Waals surface area contributed by atoms with E-state index in [0.29, 0.717) is 12.4 Å². The van der Waals surface area contributed by atoms with Crippen LogP contribution in [0.2, 0.25) is 0 Å². The van der Waals surface area contributed by atoms with Gasteiger partial charge in [0.15, 0.2) is 0 Å². The number of nitrogens with zero attached hydrogens (tertiary/aromatic N) is 4. The highest BCUT2D eigenvalue weighted by Gasteiger charge is 2.16. The number of rotatable bonds is 4. The van der Waals surface area contributed by atoms with Gasteiger partial charge in [-0.15, -0.1) is 6.58 Å². The zero-order valence-corrected chi connectivity index (χ0v) is 10.2. The van der Waals surface area contributed by atoms with E-state index in [1.807, 2.05) is 22.3 Å². The van der Waals surface area contributed by atoms with Crippen molar-refractivity contribution in [2.24, 2.45) is 7.05 Å². The van der Waals surface area contributed by atoms with Gasteiger partial charge in [0.1, 0.15) is 17.3 Å². The molecule has 0 bridgehead atoms. The average Bonchev–Trinajstić information content (AvgIpc) is 2.85. The highest BCUT2D eigenvalue weighted by molar-refractivity contribution is 5.68. The van der Waals surface area contributed by atoms with E-state index in [-0.39, 0.29) is 0 Å². The molecule has 2 aromatic heterocycles. The summed E-state index contributed by atoms with van der Waals surface area (Å²) in [4.78, 5) is 8.67. The first-order valence-electron chi connectivity index (χ1n) is 5.61. The van der Waals surface area contributed by atoms with Gasteiger partial charge in [0.05, 0.1) is 18.2 Å². The number of allylic oxidation sites excluding steroid dienone is 1. The summed E-state index contributed by atoms with van der Waals surface area (Å²) in [5.74, 6) is 1.64. The van der Waals surface area contributed by atoms with Gasteiger partial charge in [0, 0.05) is 20.0 Å². The first-order valence-corrected chi connectivity index (χ1v) is 5.61. The third kappa shape index (κ3) is 1.84. The van der Waals surface area contributed by atoms with Gasteiger partial charge in [-0.1, -0.05) is 13.0 Å². The largest absolute Gasteiger partial charge is 0.383 e. The lowest BCUT2D eigenvalue weighted by atomic mass is 10.3. The Kier molecular flexibility index (Phi) is 2.99. The van der Waals surface area contributed by atoms with Crippen molar-refractivity contribution in [1.29, 1.82) is 0 Å². The third-order valence-corrected chi connectivity index (χ3v) is 2.77. The summed E-state index contributed by atoms with van der Waals surface area (Å²) >= 11 is 0. The highest BCUT2D eigenvalue weighted by Crippen LogP contribution is 2.25. The van der Waals surface area contributed by atoms with Gasteiger partial charge >= 0.3 is 0 Å². The molecule has 5 nitrogen and oxygen atoms in total. The molecular formula is C12H17N5. The fourth-order valence-corrected chi connectivity index (χ4v) is 1.89. The Balaban J connectivity index is 2.56. The average molecular weight is 231 g/mol. The normalized spacial score (nSPS) is 10.7. The van der Waals surface area contributed by atoms with Crippen LogP contribution in [-0.4, -0.2) is 19.1 Å². The van der Waals surface area contributed by atoms with Crippen molar-refractivity contribution in [3.05, 3.63) is 31.0 Å². The quantitative estimate of drug-likeness (QED) is 0.813. The smallest absolute Gasteiger partial charge is 0.133 e. The van der Waals surface area contributed by atoms with Crippen LogP contribution in [0.1, 0.15) is 12.7 Å². The summed E-state index contributed by atoms with van der Waals surface area (Å²) in [5.41, 5.74) is 7.86. The molecular weight excluding hydrogens is 214 g/mol. The van der Waals surface area contributed by atoms with Gasteiger partial charge < -0.3 is 14.9 Å². The van der Waals surface area contributed by atoms with Gasteiger partial charge in [-0.25, -0.2) is 9.97 Å². The standard InChI is InChI=1S/C12H17N5/c1-4-6-17-10(5-2)15-11(12(17)13)9-7-14-8-16(9)3/h4,7-8H,1,5-6,13H2,2-3H3. The molecule has 2 N–H and O–H groups in total. The minimum absolute atomic E-state index is 0.672. The van der Waals surface area contributed by atoms with Gasteiger partial charge in [0.25, 0.3) is 0 Å². The Morgan fingerprint density at radius 1 is 1.53 bits per heavy atom. The van der Waals surface area contributed by atoms with Crippen LogP contribution in [0.3, 0.4) is 0 Å². The van der Waals surface area contributed by atoms with Crippen LogP contribution in [0.15, 0.2) is 25.2 Å². The number of imidazole rings is 2. The van der Waals surface area contributed by atoms with Gasteiger partial charge in [0.2, 0.25) is 0 Å². The molecule has 0 aliphatic heterocycles. The summed E-state index contributed by atoms with van der Waals surface area (Å²) in [5, 5.41) is 0. The number of aryl methyl sites for hydroxylation is 2. The van der Waals surface area contributed by atoms with Crippen molar-refractivity contribution < 1.29 is 0 Å². The minimum atomic E-state index is 0.672. The lowest BCUT2D eigenvalue weighted by Gasteiger charge is -2.05. The van der Waals surface area contributed by atoms with E-state index in [2.05, 4.69) is 23.5 Å². The van der Waals surface area contributed by atoms with Crippen LogP contribution < -0.4 is 5.73 Å². The van der Waals surface area contributed by atoms with Crippen LogP contribution in [0.4, 0.5) is 5.82 Å². The summed E-state index contributed by atoms with van der Waals surface area (Å²) in [6.07, 6.45) is 6.18. The lowest BCUT2D eigenvalue weighted by Crippen LogP contribution is -2.05. The molecule has 90 valence electrons. The van der Waals surface area contributed by atoms with Crippen LogP contribution in [-0.2, 0) is 20.0 Å². The van der Waals surface area contributed by atoms with E-state index >= 15 is 0 Å². The number of aromatic nitrogens is 4. The van der Waals surface area contributed by atoms with E-state index < -0.39 is 0 Å². The van der Waals surface area contributed by atoms with E-state index in [9.17, 15) is 0 Å². The number of nitrogen functional groups attached to an aromatic ring is 1.